The Morgan fingerprint density at radius 2 is 1.70 bits per heavy atom. The van der Waals surface area contributed by atoms with Crippen LogP contribution in [0.1, 0.15) is 26.3 Å². The van der Waals surface area contributed by atoms with Crippen molar-refractivity contribution in [1.29, 1.82) is 0 Å². The zero-order valence-electron chi connectivity index (χ0n) is 15.3. The number of carbonyl (C=O) groups is 1. The van der Waals surface area contributed by atoms with Crippen LogP contribution in [0, 0.1) is 0 Å². The van der Waals surface area contributed by atoms with Crippen LogP contribution in [0.5, 0.6) is 5.75 Å². The van der Waals surface area contributed by atoms with Gasteiger partial charge in [0.2, 0.25) is 10.0 Å². The number of ether oxygens (including phenoxy) is 1. The number of rotatable bonds is 8. The summed E-state index contributed by atoms with van der Waals surface area (Å²) >= 11 is 5.79. The van der Waals surface area contributed by atoms with E-state index >= 15 is 0 Å². The van der Waals surface area contributed by atoms with Crippen LogP contribution in [-0.4, -0.2) is 31.1 Å². The van der Waals surface area contributed by atoms with Crippen molar-refractivity contribution < 1.29 is 23.1 Å². The first-order valence-corrected chi connectivity index (χ1v) is 10.1. The molecular formula is C19H22ClNO5S. The van der Waals surface area contributed by atoms with E-state index in [1.807, 2.05) is 0 Å². The fourth-order valence-electron chi connectivity index (χ4n) is 2.37. The van der Waals surface area contributed by atoms with Gasteiger partial charge in [-0.2, -0.15) is 0 Å². The molecule has 0 bridgehead atoms. The van der Waals surface area contributed by atoms with E-state index in [-0.39, 0.29) is 10.9 Å². The molecule has 2 N–H and O–H groups in total. The zero-order chi connectivity index (χ0) is 20.2. The van der Waals surface area contributed by atoms with Gasteiger partial charge in [0.25, 0.3) is 0 Å². The molecule has 0 saturated carbocycles. The molecule has 27 heavy (non-hydrogen) atoms. The number of nitrogens with one attached hydrogen (secondary N) is 1. The quantitative estimate of drug-likeness (QED) is 0.693. The molecule has 6 nitrogen and oxygen atoms in total. The first kappa shape index (κ1) is 21.2. The molecule has 2 rings (SSSR count). The van der Waals surface area contributed by atoms with Crippen molar-refractivity contribution in [2.75, 3.05) is 0 Å². The maximum absolute atomic E-state index is 12.4. The minimum Gasteiger partial charge on any atom is -0.478 e. The van der Waals surface area contributed by atoms with Crippen LogP contribution in [0.4, 0.5) is 0 Å². The highest BCUT2D eigenvalue weighted by molar-refractivity contribution is 7.89. The number of carboxylic acids is 1. The second-order valence-corrected chi connectivity index (χ2v) is 8.89. The molecular weight excluding hydrogens is 390 g/mol. The molecule has 0 saturated heterocycles. The van der Waals surface area contributed by atoms with Crippen LogP contribution in [-0.2, 0) is 21.2 Å². The average Bonchev–Trinajstić information content (AvgIpc) is 2.56. The van der Waals surface area contributed by atoms with Crippen LogP contribution in [0.2, 0.25) is 5.02 Å². The Balaban J connectivity index is 2.00. The summed E-state index contributed by atoms with van der Waals surface area (Å²) < 4.78 is 32.9. The highest BCUT2D eigenvalue weighted by atomic mass is 35.5. The standard InChI is InChI=1S/C19H22ClNO5S/c1-13(21-27(24,25)17-10-6-15(20)7-11-17)12-14-4-8-16(9-5-14)26-19(2,3)18(22)23/h4-11,13,21H,12H2,1-3H3,(H,22,23)/t13-/m1/s1. The van der Waals surface area contributed by atoms with E-state index in [0.717, 1.165) is 5.56 Å². The highest BCUT2D eigenvalue weighted by Crippen LogP contribution is 2.20. The lowest BCUT2D eigenvalue weighted by Crippen LogP contribution is -2.37. The number of hydrogen-bond acceptors (Lipinski definition) is 4. The number of carboxylic acid groups (broad SMARTS) is 1. The van der Waals surface area contributed by atoms with Gasteiger partial charge >= 0.3 is 5.97 Å². The number of hydrogen-bond donors (Lipinski definition) is 2. The molecule has 0 aliphatic heterocycles. The molecule has 0 spiro atoms. The van der Waals surface area contributed by atoms with Crippen LogP contribution < -0.4 is 9.46 Å². The molecule has 0 radical (unpaired) electrons. The Morgan fingerprint density at radius 1 is 1.15 bits per heavy atom. The molecule has 0 unspecified atom stereocenters. The van der Waals surface area contributed by atoms with Crippen molar-refractivity contribution in [3.63, 3.8) is 0 Å². The minimum absolute atomic E-state index is 0.151. The van der Waals surface area contributed by atoms with Gasteiger partial charge in [0.15, 0.2) is 5.60 Å². The van der Waals surface area contributed by atoms with Gasteiger partial charge in [-0.05, 0) is 69.2 Å². The first-order valence-electron chi connectivity index (χ1n) is 8.29. The topological polar surface area (TPSA) is 92.7 Å². The maximum Gasteiger partial charge on any atom is 0.347 e. The monoisotopic (exact) mass is 411 g/mol. The smallest absolute Gasteiger partial charge is 0.347 e. The van der Waals surface area contributed by atoms with E-state index in [1.54, 1.807) is 31.2 Å². The summed E-state index contributed by atoms with van der Waals surface area (Å²) in [7, 11) is -3.64. The number of benzene rings is 2. The van der Waals surface area contributed by atoms with Crippen molar-refractivity contribution in [1.82, 2.24) is 4.72 Å². The Hall–Kier alpha value is -2.09. The minimum atomic E-state index is -3.64. The third-order valence-electron chi connectivity index (χ3n) is 3.83. The molecule has 0 aliphatic rings. The second-order valence-electron chi connectivity index (χ2n) is 6.74. The Labute approximate surface area is 164 Å². The predicted octanol–water partition coefficient (Wildman–Crippen LogP) is 3.49. The van der Waals surface area contributed by atoms with Gasteiger partial charge < -0.3 is 9.84 Å². The Bertz CT molecular complexity index is 893. The summed E-state index contributed by atoms with van der Waals surface area (Å²) in [4.78, 5) is 11.3. The third kappa shape index (κ3) is 5.95. The Kier molecular flexibility index (Phi) is 6.51. The van der Waals surface area contributed by atoms with E-state index < -0.39 is 21.6 Å². The molecule has 8 heteroatoms. The van der Waals surface area contributed by atoms with Crippen LogP contribution in [0.15, 0.2) is 53.4 Å². The van der Waals surface area contributed by atoms with Gasteiger partial charge in [-0.25, -0.2) is 17.9 Å². The summed E-state index contributed by atoms with van der Waals surface area (Å²) in [5.41, 5.74) is -0.440. The molecule has 0 fully saturated rings. The summed E-state index contributed by atoms with van der Waals surface area (Å²) in [6.45, 7) is 4.71. The van der Waals surface area contributed by atoms with E-state index in [2.05, 4.69) is 4.72 Å². The summed E-state index contributed by atoms with van der Waals surface area (Å²) in [6, 6.07) is 12.5. The van der Waals surface area contributed by atoms with Crippen molar-refractivity contribution >= 4 is 27.6 Å². The lowest BCUT2D eigenvalue weighted by atomic mass is 10.1. The third-order valence-corrected chi connectivity index (χ3v) is 5.69. The molecule has 0 aliphatic carbocycles. The normalized spacial score (nSPS) is 13.2. The van der Waals surface area contributed by atoms with Crippen LogP contribution in [0.25, 0.3) is 0 Å². The SMILES string of the molecule is C[C@H](Cc1ccc(OC(C)(C)C(=O)O)cc1)NS(=O)(=O)c1ccc(Cl)cc1. The van der Waals surface area contributed by atoms with Crippen molar-refractivity contribution in [2.24, 2.45) is 0 Å². The maximum atomic E-state index is 12.4. The fraction of sp³-hybridized carbons (Fsp3) is 0.316. The summed E-state index contributed by atoms with van der Waals surface area (Å²) in [5.74, 6) is -0.627. The predicted molar refractivity (Wildman–Crippen MR) is 104 cm³/mol. The van der Waals surface area contributed by atoms with Gasteiger partial charge in [-0.3, -0.25) is 0 Å². The van der Waals surface area contributed by atoms with Crippen molar-refractivity contribution in [3.8, 4) is 5.75 Å². The van der Waals surface area contributed by atoms with E-state index in [1.165, 1.54) is 38.1 Å². The number of sulfonamides is 1. The van der Waals surface area contributed by atoms with Gasteiger partial charge in [-0.1, -0.05) is 23.7 Å². The largest absolute Gasteiger partial charge is 0.478 e. The van der Waals surface area contributed by atoms with Crippen molar-refractivity contribution in [3.05, 3.63) is 59.1 Å². The molecule has 0 aromatic heterocycles. The van der Waals surface area contributed by atoms with Gasteiger partial charge in [0, 0.05) is 11.1 Å². The average molecular weight is 412 g/mol. The molecule has 2 aromatic rings. The molecule has 0 heterocycles. The Morgan fingerprint density at radius 3 is 2.22 bits per heavy atom. The first-order chi connectivity index (χ1) is 12.5. The van der Waals surface area contributed by atoms with E-state index in [0.29, 0.717) is 17.2 Å². The molecule has 0 amide bonds. The molecule has 2 aromatic carbocycles. The number of halogens is 1. The fourth-order valence-corrected chi connectivity index (χ4v) is 3.74. The van der Waals surface area contributed by atoms with Gasteiger partial charge in [-0.15, -0.1) is 0 Å². The zero-order valence-corrected chi connectivity index (χ0v) is 16.8. The van der Waals surface area contributed by atoms with Gasteiger partial charge in [0.1, 0.15) is 5.75 Å². The van der Waals surface area contributed by atoms with Crippen LogP contribution in [0.3, 0.4) is 0 Å². The van der Waals surface area contributed by atoms with Crippen LogP contribution >= 0.6 is 11.6 Å². The van der Waals surface area contributed by atoms with Crippen molar-refractivity contribution in [2.45, 2.75) is 43.7 Å². The molecule has 1 atom stereocenters. The second kappa shape index (κ2) is 8.29. The van der Waals surface area contributed by atoms with E-state index in [9.17, 15) is 13.2 Å². The lowest BCUT2D eigenvalue weighted by molar-refractivity contribution is -0.152. The number of aliphatic carboxylic acids is 1. The summed E-state index contributed by atoms with van der Waals surface area (Å²) in [5, 5.41) is 9.56. The highest BCUT2D eigenvalue weighted by Gasteiger charge is 2.29. The van der Waals surface area contributed by atoms with E-state index in [4.69, 9.17) is 21.4 Å². The van der Waals surface area contributed by atoms with Gasteiger partial charge in [0.05, 0.1) is 4.90 Å². The lowest BCUT2D eigenvalue weighted by Gasteiger charge is -2.21. The molecule has 146 valence electrons. The summed E-state index contributed by atoms with van der Waals surface area (Å²) in [6.07, 6.45) is 0.468.